The van der Waals surface area contributed by atoms with Gasteiger partial charge in [0, 0.05) is 48.6 Å². The molecule has 0 aliphatic carbocycles. The molecule has 5 nitrogen and oxygen atoms in total. The first-order chi connectivity index (χ1) is 17.5. The van der Waals surface area contributed by atoms with Crippen LogP contribution in [0, 0.1) is 5.82 Å². The molecule has 0 aliphatic heterocycles. The monoisotopic (exact) mass is 488 g/mol. The van der Waals surface area contributed by atoms with Gasteiger partial charge in [0.05, 0.1) is 14.2 Å². The fourth-order valence-electron chi connectivity index (χ4n) is 4.57. The van der Waals surface area contributed by atoms with Gasteiger partial charge in [0.2, 0.25) is 5.91 Å². The van der Waals surface area contributed by atoms with Gasteiger partial charge in [-0.25, -0.2) is 4.39 Å². The maximum Gasteiger partial charge on any atom is 0.220 e. The van der Waals surface area contributed by atoms with Gasteiger partial charge < -0.3 is 19.4 Å². The topological polar surface area (TPSA) is 52.5 Å². The van der Waals surface area contributed by atoms with Crippen LogP contribution < -0.4 is 14.8 Å². The molecule has 1 aromatic heterocycles. The number of nitrogens with one attached hydrogen (secondary N) is 1. The lowest BCUT2D eigenvalue weighted by Crippen LogP contribution is -2.26. The molecule has 3 aromatic carbocycles. The minimum absolute atomic E-state index is 0.00519. The Morgan fingerprint density at radius 1 is 1.00 bits per heavy atom. The Bertz CT molecular complexity index is 1290. The molecule has 0 radical (unpaired) electrons. The van der Waals surface area contributed by atoms with E-state index in [1.807, 2.05) is 30.3 Å². The number of benzene rings is 3. The SMILES string of the molecule is CCCCNC(=O)CC(c1cc(OC)cc(OC)c1)c1cn(Cc2ccc(F)cc2)c2ccccc12. The summed E-state index contributed by atoms with van der Waals surface area (Å²) in [5.74, 6) is 0.894. The van der Waals surface area contributed by atoms with E-state index in [4.69, 9.17) is 9.47 Å². The molecule has 0 aliphatic rings. The Labute approximate surface area is 211 Å². The summed E-state index contributed by atoms with van der Waals surface area (Å²) in [6.45, 7) is 3.36. The second kappa shape index (κ2) is 11.8. The molecule has 0 saturated heterocycles. The lowest BCUT2D eigenvalue weighted by molar-refractivity contribution is -0.121. The number of fused-ring (bicyclic) bond motifs is 1. The Kier molecular flexibility index (Phi) is 8.26. The summed E-state index contributed by atoms with van der Waals surface area (Å²) < 4.78 is 26.7. The highest BCUT2D eigenvalue weighted by Crippen LogP contribution is 2.38. The Balaban J connectivity index is 1.79. The van der Waals surface area contributed by atoms with Gasteiger partial charge in [0.25, 0.3) is 0 Å². The highest BCUT2D eigenvalue weighted by Gasteiger charge is 2.24. The van der Waals surface area contributed by atoms with Crippen molar-refractivity contribution in [1.29, 1.82) is 0 Å². The third kappa shape index (κ3) is 5.88. The van der Waals surface area contributed by atoms with Crippen LogP contribution in [0.15, 0.2) is 72.9 Å². The molecule has 36 heavy (non-hydrogen) atoms. The van der Waals surface area contributed by atoms with E-state index in [1.54, 1.807) is 26.4 Å². The zero-order chi connectivity index (χ0) is 25.5. The lowest BCUT2D eigenvalue weighted by Gasteiger charge is -2.19. The van der Waals surface area contributed by atoms with E-state index in [-0.39, 0.29) is 17.6 Å². The standard InChI is InChI=1S/C30H33FN2O3/c1-4-5-14-32-30(34)18-27(22-15-24(35-2)17-25(16-22)36-3)28-20-33(29-9-7-6-8-26(28)29)19-21-10-12-23(31)13-11-21/h6-13,15-17,20,27H,4-5,14,18-19H2,1-3H3,(H,32,34). The summed E-state index contributed by atoms with van der Waals surface area (Å²) in [6, 6.07) is 20.5. The van der Waals surface area contributed by atoms with Crippen LogP contribution in [0.4, 0.5) is 4.39 Å². The summed E-state index contributed by atoms with van der Waals surface area (Å²) in [4.78, 5) is 13.0. The zero-order valence-electron chi connectivity index (χ0n) is 21.1. The van der Waals surface area contributed by atoms with Gasteiger partial charge in [-0.1, -0.05) is 43.7 Å². The van der Waals surface area contributed by atoms with Crippen LogP contribution in [0.25, 0.3) is 10.9 Å². The molecule has 4 aromatic rings. The fraction of sp³-hybridized carbons (Fsp3) is 0.300. The normalized spacial score (nSPS) is 11.9. The summed E-state index contributed by atoms with van der Waals surface area (Å²) in [5.41, 5.74) is 4.05. The van der Waals surface area contributed by atoms with Crippen molar-refractivity contribution in [2.24, 2.45) is 0 Å². The van der Waals surface area contributed by atoms with Gasteiger partial charge in [-0.05, 0) is 53.4 Å². The van der Waals surface area contributed by atoms with Crippen molar-refractivity contribution in [3.8, 4) is 11.5 Å². The van der Waals surface area contributed by atoms with E-state index in [0.29, 0.717) is 31.0 Å². The number of carbonyl (C=O) groups excluding carboxylic acids is 1. The van der Waals surface area contributed by atoms with Crippen molar-refractivity contribution in [2.45, 2.75) is 38.6 Å². The van der Waals surface area contributed by atoms with Crippen molar-refractivity contribution in [3.63, 3.8) is 0 Å². The van der Waals surface area contributed by atoms with Crippen LogP contribution in [-0.2, 0) is 11.3 Å². The van der Waals surface area contributed by atoms with Crippen LogP contribution in [0.1, 0.15) is 48.8 Å². The van der Waals surface area contributed by atoms with E-state index >= 15 is 0 Å². The molecule has 0 spiro atoms. The van der Waals surface area contributed by atoms with Crippen LogP contribution in [0.5, 0.6) is 11.5 Å². The number of hydrogen-bond acceptors (Lipinski definition) is 3. The van der Waals surface area contributed by atoms with Crippen molar-refractivity contribution >= 4 is 16.8 Å². The zero-order valence-corrected chi connectivity index (χ0v) is 21.1. The van der Waals surface area contributed by atoms with Crippen molar-refractivity contribution in [3.05, 3.63) is 95.4 Å². The van der Waals surface area contributed by atoms with Gasteiger partial charge in [-0.3, -0.25) is 4.79 Å². The Morgan fingerprint density at radius 3 is 2.36 bits per heavy atom. The molecule has 1 heterocycles. The van der Waals surface area contributed by atoms with Gasteiger partial charge in [0.15, 0.2) is 0 Å². The summed E-state index contributed by atoms with van der Waals surface area (Å²) in [6.07, 6.45) is 4.38. The number of carbonyl (C=O) groups is 1. The molecule has 1 unspecified atom stereocenters. The second-order valence-corrected chi connectivity index (χ2v) is 8.96. The molecule has 6 heteroatoms. The number of ether oxygens (including phenoxy) is 2. The van der Waals surface area contributed by atoms with Crippen LogP contribution in [0.2, 0.25) is 0 Å². The second-order valence-electron chi connectivity index (χ2n) is 8.96. The van der Waals surface area contributed by atoms with E-state index in [1.165, 1.54) is 12.1 Å². The molecule has 0 bridgehead atoms. The van der Waals surface area contributed by atoms with E-state index < -0.39 is 0 Å². The number of nitrogens with zero attached hydrogens (tertiary/aromatic N) is 1. The largest absolute Gasteiger partial charge is 0.497 e. The molecular formula is C30H33FN2O3. The fourth-order valence-corrected chi connectivity index (χ4v) is 4.57. The van der Waals surface area contributed by atoms with Crippen molar-refractivity contribution in [2.75, 3.05) is 20.8 Å². The van der Waals surface area contributed by atoms with Crippen LogP contribution in [-0.4, -0.2) is 31.2 Å². The Hall–Kier alpha value is -3.80. The predicted octanol–water partition coefficient (Wildman–Crippen LogP) is 6.28. The third-order valence-electron chi connectivity index (χ3n) is 6.48. The molecule has 1 atom stereocenters. The first kappa shape index (κ1) is 25.3. The molecule has 4 rings (SSSR count). The van der Waals surface area contributed by atoms with Crippen molar-refractivity contribution in [1.82, 2.24) is 9.88 Å². The number of amides is 1. The number of rotatable bonds is 11. The highest BCUT2D eigenvalue weighted by molar-refractivity contribution is 5.87. The first-order valence-corrected chi connectivity index (χ1v) is 12.3. The first-order valence-electron chi connectivity index (χ1n) is 12.3. The predicted molar refractivity (Wildman–Crippen MR) is 141 cm³/mol. The summed E-state index contributed by atoms with van der Waals surface area (Å²) in [5, 5.41) is 4.14. The van der Waals surface area contributed by atoms with E-state index in [2.05, 4.69) is 35.1 Å². The number of methoxy groups -OCH3 is 2. The van der Waals surface area contributed by atoms with Gasteiger partial charge >= 0.3 is 0 Å². The summed E-state index contributed by atoms with van der Waals surface area (Å²) in [7, 11) is 3.25. The van der Waals surface area contributed by atoms with Gasteiger partial charge in [0.1, 0.15) is 17.3 Å². The number of aromatic nitrogens is 1. The van der Waals surface area contributed by atoms with Crippen LogP contribution in [0.3, 0.4) is 0 Å². The highest BCUT2D eigenvalue weighted by atomic mass is 19.1. The molecule has 1 amide bonds. The number of para-hydroxylation sites is 1. The maximum atomic E-state index is 13.5. The van der Waals surface area contributed by atoms with Gasteiger partial charge in [-0.2, -0.15) is 0 Å². The summed E-state index contributed by atoms with van der Waals surface area (Å²) >= 11 is 0. The lowest BCUT2D eigenvalue weighted by atomic mass is 9.87. The molecular weight excluding hydrogens is 455 g/mol. The minimum atomic E-state index is -0.252. The molecule has 188 valence electrons. The third-order valence-corrected chi connectivity index (χ3v) is 6.48. The van der Waals surface area contributed by atoms with E-state index in [9.17, 15) is 9.18 Å². The molecule has 0 fully saturated rings. The van der Waals surface area contributed by atoms with Crippen LogP contribution >= 0.6 is 0 Å². The number of hydrogen-bond donors (Lipinski definition) is 1. The molecule has 1 N–H and O–H groups in total. The average molecular weight is 489 g/mol. The molecule has 0 saturated carbocycles. The number of halogens is 1. The smallest absolute Gasteiger partial charge is 0.220 e. The average Bonchev–Trinajstić information content (AvgIpc) is 3.26. The number of unbranched alkanes of at least 4 members (excludes halogenated alkanes) is 1. The van der Waals surface area contributed by atoms with Gasteiger partial charge in [-0.15, -0.1) is 0 Å². The maximum absolute atomic E-state index is 13.5. The Morgan fingerprint density at radius 2 is 1.69 bits per heavy atom. The van der Waals surface area contributed by atoms with Crippen molar-refractivity contribution < 1.29 is 18.7 Å². The minimum Gasteiger partial charge on any atom is -0.497 e. The van der Waals surface area contributed by atoms with E-state index in [0.717, 1.165) is 40.4 Å². The quantitative estimate of drug-likeness (QED) is 0.253.